The van der Waals surface area contributed by atoms with E-state index in [-0.39, 0.29) is 11.3 Å². The van der Waals surface area contributed by atoms with Gasteiger partial charge in [0.05, 0.1) is 11.6 Å². The number of Topliss-reactive ketones (excluding diaryl/α,β-unsaturated/α-hetero) is 1. The van der Waals surface area contributed by atoms with Crippen LogP contribution >= 0.6 is 23.2 Å². The summed E-state index contributed by atoms with van der Waals surface area (Å²) in [7, 11) is 0. The summed E-state index contributed by atoms with van der Waals surface area (Å²) in [5, 5.41) is 12.2. The number of hydrogen-bond donors (Lipinski definition) is 1. The predicted octanol–water partition coefficient (Wildman–Crippen LogP) is 6.47. The zero-order valence-corrected chi connectivity index (χ0v) is 20.3. The average molecular weight is 495 g/mol. The Labute approximate surface area is 208 Å². The minimum atomic E-state index is -0.803. The monoisotopic (exact) mass is 494 g/mol. The molecule has 1 saturated heterocycles. The molecular formula is C27H24Cl2N2O3. The second-order valence-electron chi connectivity index (χ2n) is 7.92. The number of rotatable bonds is 6. The number of hydrogen-bond acceptors (Lipinski definition) is 4. The van der Waals surface area contributed by atoms with Gasteiger partial charge in [0.2, 0.25) is 0 Å². The van der Waals surface area contributed by atoms with Crippen molar-refractivity contribution in [3.05, 3.63) is 99.5 Å². The van der Waals surface area contributed by atoms with Gasteiger partial charge >= 0.3 is 0 Å². The molecule has 1 atom stereocenters. The van der Waals surface area contributed by atoms with E-state index in [9.17, 15) is 14.7 Å². The molecular weight excluding hydrogens is 471 g/mol. The van der Waals surface area contributed by atoms with E-state index in [4.69, 9.17) is 23.2 Å². The molecule has 3 aromatic carbocycles. The molecule has 0 aliphatic carbocycles. The molecule has 1 N–H and O–H groups in total. The third kappa shape index (κ3) is 4.41. The van der Waals surface area contributed by atoms with Gasteiger partial charge in [0.15, 0.2) is 0 Å². The Bertz CT molecular complexity index is 1230. The van der Waals surface area contributed by atoms with Crippen LogP contribution in [0.4, 0.5) is 11.4 Å². The van der Waals surface area contributed by atoms with Crippen LogP contribution in [0.3, 0.4) is 0 Å². The van der Waals surface area contributed by atoms with E-state index in [1.807, 2.05) is 24.3 Å². The molecule has 4 rings (SSSR count). The van der Waals surface area contributed by atoms with Crippen molar-refractivity contribution in [1.29, 1.82) is 0 Å². The molecule has 1 amide bonds. The van der Waals surface area contributed by atoms with Crippen LogP contribution in [0.1, 0.15) is 31.0 Å². The van der Waals surface area contributed by atoms with Crippen LogP contribution in [-0.4, -0.2) is 29.9 Å². The van der Waals surface area contributed by atoms with Gasteiger partial charge in [-0.15, -0.1) is 0 Å². The second-order valence-corrected chi connectivity index (χ2v) is 8.79. The smallest absolute Gasteiger partial charge is 0.300 e. The molecule has 0 spiro atoms. The van der Waals surface area contributed by atoms with Crippen LogP contribution in [0.2, 0.25) is 10.0 Å². The van der Waals surface area contributed by atoms with Crippen LogP contribution in [-0.2, 0) is 9.59 Å². The maximum atomic E-state index is 13.2. The quantitative estimate of drug-likeness (QED) is 0.242. The van der Waals surface area contributed by atoms with Gasteiger partial charge in [-0.2, -0.15) is 0 Å². The maximum Gasteiger partial charge on any atom is 0.300 e. The fourth-order valence-corrected chi connectivity index (χ4v) is 4.49. The molecule has 1 fully saturated rings. The van der Waals surface area contributed by atoms with Crippen molar-refractivity contribution in [3.8, 4) is 0 Å². The Morgan fingerprint density at radius 2 is 1.38 bits per heavy atom. The molecule has 174 valence electrons. The molecule has 1 unspecified atom stereocenters. The molecule has 0 bridgehead atoms. The molecule has 5 nitrogen and oxygen atoms in total. The summed E-state index contributed by atoms with van der Waals surface area (Å²) in [6.45, 7) is 5.88. The highest BCUT2D eigenvalue weighted by atomic mass is 35.5. The SMILES string of the molecule is CCN(CC)c1ccc(C2/C(=C(/O)c3ccc(Cl)cc3)C(=O)C(=O)N2c2ccc(Cl)cc2)cc1. The van der Waals surface area contributed by atoms with Gasteiger partial charge < -0.3 is 10.0 Å². The molecule has 0 saturated carbocycles. The van der Waals surface area contributed by atoms with E-state index in [1.165, 1.54) is 4.90 Å². The summed E-state index contributed by atoms with van der Waals surface area (Å²) < 4.78 is 0. The van der Waals surface area contributed by atoms with E-state index in [0.717, 1.165) is 18.8 Å². The van der Waals surface area contributed by atoms with Gasteiger partial charge in [-0.05, 0) is 80.1 Å². The number of benzene rings is 3. The number of carbonyl (C=O) groups excluding carboxylic acids is 2. The Kier molecular flexibility index (Phi) is 6.96. The minimum Gasteiger partial charge on any atom is -0.507 e. The minimum absolute atomic E-state index is 0.0258. The van der Waals surface area contributed by atoms with Gasteiger partial charge in [-0.1, -0.05) is 35.3 Å². The van der Waals surface area contributed by atoms with E-state index < -0.39 is 17.7 Å². The third-order valence-corrected chi connectivity index (χ3v) is 6.51. The first-order valence-electron chi connectivity index (χ1n) is 11.0. The molecule has 3 aromatic rings. The summed E-state index contributed by atoms with van der Waals surface area (Å²) in [5.41, 5.74) is 2.69. The zero-order valence-electron chi connectivity index (χ0n) is 18.8. The Morgan fingerprint density at radius 3 is 1.91 bits per heavy atom. The molecule has 34 heavy (non-hydrogen) atoms. The Morgan fingerprint density at radius 1 is 0.853 bits per heavy atom. The van der Waals surface area contributed by atoms with Gasteiger partial charge in [-0.3, -0.25) is 14.5 Å². The molecule has 1 heterocycles. The molecule has 0 aromatic heterocycles. The van der Waals surface area contributed by atoms with Gasteiger partial charge in [0, 0.05) is 40.1 Å². The fraction of sp³-hybridized carbons (Fsp3) is 0.185. The predicted molar refractivity (Wildman–Crippen MR) is 138 cm³/mol. The van der Waals surface area contributed by atoms with Crippen LogP contribution < -0.4 is 9.80 Å². The summed E-state index contributed by atoms with van der Waals surface area (Å²) in [5.74, 6) is -1.71. The topological polar surface area (TPSA) is 60.9 Å². The summed E-state index contributed by atoms with van der Waals surface area (Å²) >= 11 is 12.0. The van der Waals surface area contributed by atoms with Crippen LogP contribution in [0.25, 0.3) is 5.76 Å². The lowest BCUT2D eigenvalue weighted by atomic mass is 9.95. The molecule has 1 aliphatic rings. The molecule has 1 aliphatic heterocycles. The first-order valence-corrected chi connectivity index (χ1v) is 11.8. The van der Waals surface area contributed by atoms with E-state index >= 15 is 0 Å². The first kappa shape index (κ1) is 23.9. The van der Waals surface area contributed by atoms with Crippen molar-refractivity contribution >= 4 is 52.0 Å². The van der Waals surface area contributed by atoms with Crippen LogP contribution in [0.15, 0.2) is 78.4 Å². The van der Waals surface area contributed by atoms with E-state index in [2.05, 4.69) is 18.7 Å². The third-order valence-electron chi connectivity index (χ3n) is 6.00. The highest BCUT2D eigenvalue weighted by Gasteiger charge is 2.47. The van der Waals surface area contributed by atoms with Gasteiger partial charge in [-0.25, -0.2) is 0 Å². The highest BCUT2D eigenvalue weighted by molar-refractivity contribution is 6.51. The van der Waals surface area contributed by atoms with Crippen molar-refractivity contribution in [3.63, 3.8) is 0 Å². The van der Waals surface area contributed by atoms with E-state index in [0.29, 0.717) is 26.9 Å². The normalized spacial score (nSPS) is 17.3. The Hall–Kier alpha value is -3.28. The van der Waals surface area contributed by atoms with Gasteiger partial charge in [0.25, 0.3) is 11.7 Å². The second kappa shape index (κ2) is 9.92. The maximum absolute atomic E-state index is 13.2. The number of aliphatic hydroxyl groups excluding tert-OH is 1. The number of halogens is 2. The number of anilines is 2. The highest BCUT2D eigenvalue weighted by Crippen LogP contribution is 2.42. The summed E-state index contributed by atoms with van der Waals surface area (Å²) in [6, 6.07) is 20.1. The largest absolute Gasteiger partial charge is 0.507 e. The van der Waals surface area contributed by atoms with Crippen molar-refractivity contribution in [2.45, 2.75) is 19.9 Å². The van der Waals surface area contributed by atoms with Crippen LogP contribution in [0, 0.1) is 0 Å². The van der Waals surface area contributed by atoms with Crippen molar-refractivity contribution < 1.29 is 14.7 Å². The van der Waals surface area contributed by atoms with Crippen molar-refractivity contribution in [1.82, 2.24) is 0 Å². The average Bonchev–Trinajstić information content (AvgIpc) is 3.11. The molecule has 0 radical (unpaired) electrons. The number of nitrogens with zero attached hydrogens (tertiary/aromatic N) is 2. The van der Waals surface area contributed by atoms with Crippen molar-refractivity contribution in [2.24, 2.45) is 0 Å². The lowest BCUT2D eigenvalue weighted by Gasteiger charge is -2.27. The van der Waals surface area contributed by atoms with Crippen LogP contribution in [0.5, 0.6) is 0 Å². The number of amides is 1. The van der Waals surface area contributed by atoms with Crippen molar-refractivity contribution in [2.75, 3.05) is 22.9 Å². The van der Waals surface area contributed by atoms with Gasteiger partial charge in [0.1, 0.15) is 5.76 Å². The molecule has 7 heteroatoms. The lowest BCUT2D eigenvalue weighted by molar-refractivity contribution is -0.132. The standard InChI is InChI=1S/C27H24Cl2N2O3/c1-3-30(4-2)21-13-7-17(8-14-21)24-23(25(32)18-5-9-19(28)10-6-18)26(33)27(34)31(24)22-15-11-20(29)12-16-22/h5-16,24,32H,3-4H2,1-2H3/b25-23-. The van der Waals surface area contributed by atoms with E-state index in [1.54, 1.807) is 48.5 Å². The first-order chi connectivity index (χ1) is 16.3. The number of aliphatic hydroxyl groups is 1. The number of ketones is 1. The Balaban J connectivity index is 1.88. The number of carbonyl (C=O) groups is 2. The lowest BCUT2D eigenvalue weighted by Crippen LogP contribution is -2.29. The summed E-state index contributed by atoms with van der Waals surface area (Å²) in [4.78, 5) is 30.0. The zero-order chi connectivity index (χ0) is 24.4. The summed E-state index contributed by atoms with van der Waals surface area (Å²) in [6.07, 6.45) is 0. The fourth-order valence-electron chi connectivity index (χ4n) is 4.24.